The van der Waals surface area contributed by atoms with Crippen molar-refractivity contribution in [1.82, 2.24) is 5.32 Å². The SMILES string of the molecule is C/C=C/CCNC1CC(OC)C1. The van der Waals surface area contributed by atoms with Gasteiger partial charge in [-0.25, -0.2) is 0 Å². The summed E-state index contributed by atoms with van der Waals surface area (Å²) in [7, 11) is 1.79. The minimum absolute atomic E-state index is 0.518. The maximum atomic E-state index is 5.19. The highest BCUT2D eigenvalue weighted by molar-refractivity contribution is 4.86. The lowest BCUT2D eigenvalue weighted by atomic mass is 9.89. The van der Waals surface area contributed by atoms with Crippen LogP contribution < -0.4 is 5.32 Å². The van der Waals surface area contributed by atoms with Crippen molar-refractivity contribution in [1.29, 1.82) is 0 Å². The predicted molar refractivity (Wildman–Crippen MR) is 51.3 cm³/mol. The van der Waals surface area contributed by atoms with E-state index in [0.29, 0.717) is 12.1 Å². The van der Waals surface area contributed by atoms with Crippen LogP contribution in [0.25, 0.3) is 0 Å². The molecule has 0 unspecified atom stereocenters. The van der Waals surface area contributed by atoms with Crippen LogP contribution in [0, 0.1) is 0 Å². The summed E-state index contributed by atoms with van der Waals surface area (Å²) in [6.07, 6.45) is 8.33. The van der Waals surface area contributed by atoms with E-state index in [0.717, 1.165) is 13.0 Å². The summed E-state index contributed by atoms with van der Waals surface area (Å²) in [5.74, 6) is 0. The number of methoxy groups -OCH3 is 1. The molecule has 0 aromatic rings. The first-order valence-electron chi connectivity index (χ1n) is 4.74. The third kappa shape index (κ3) is 2.95. The summed E-state index contributed by atoms with van der Waals surface area (Å²) in [5.41, 5.74) is 0. The van der Waals surface area contributed by atoms with Crippen LogP contribution >= 0.6 is 0 Å². The van der Waals surface area contributed by atoms with E-state index >= 15 is 0 Å². The molecule has 1 fully saturated rings. The van der Waals surface area contributed by atoms with Gasteiger partial charge in [-0.05, 0) is 32.7 Å². The van der Waals surface area contributed by atoms with Crippen molar-refractivity contribution in [2.45, 2.75) is 38.3 Å². The van der Waals surface area contributed by atoms with Crippen LogP contribution in [0.1, 0.15) is 26.2 Å². The van der Waals surface area contributed by atoms with Gasteiger partial charge < -0.3 is 10.1 Å². The Morgan fingerprint density at radius 2 is 2.25 bits per heavy atom. The molecule has 1 aliphatic carbocycles. The Morgan fingerprint density at radius 1 is 1.50 bits per heavy atom. The molecule has 0 saturated heterocycles. The molecule has 2 heteroatoms. The molecule has 12 heavy (non-hydrogen) atoms. The van der Waals surface area contributed by atoms with E-state index in [2.05, 4.69) is 24.4 Å². The average molecular weight is 169 g/mol. The molecule has 1 saturated carbocycles. The fourth-order valence-electron chi connectivity index (χ4n) is 1.46. The normalized spacial score (nSPS) is 29.2. The molecular weight excluding hydrogens is 150 g/mol. The highest BCUT2D eigenvalue weighted by Crippen LogP contribution is 2.22. The Kier molecular flexibility index (Phi) is 4.33. The quantitative estimate of drug-likeness (QED) is 0.500. The summed E-state index contributed by atoms with van der Waals surface area (Å²) in [6.45, 7) is 3.16. The maximum Gasteiger partial charge on any atom is 0.0601 e. The van der Waals surface area contributed by atoms with E-state index in [1.807, 2.05) is 0 Å². The van der Waals surface area contributed by atoms with Crippen molar-refractivity contribution in [3.05, 3.63) is 12.2 Å². The maximum absolute atomic E-state index is 5.19. The van der Waals surface area contributed by atoms with Gasteiger partial charge in [0.1, 0.15) is 0 Å². The monoisotopic (exact) mass is 169 g/mol. The van der Waals surface area contributed by atoms with E-state index in [4.69, 9.17) is 4.74 Å². The summed E-state index contributed by atoms with van der Waals surface area (Å²) in [6, 6.07) is 0.709. The third-order valence-corrected chi connectivity index (χ3v) is 2.41. The molecule has 0 aromatic carbocycles. The zero-order valence-electron chi connectivity index (χ0n) is 8.05. The largest absolute Gasteiger partial charge is 0.381 e. The molecule has 0 aromatic heterocycles. The molecule has 1 rings (SSSR count). The standard InChI is InChI=1S/C10H19NO/c1-3-4-5-6-11-9-7-10(8-9)12-2/h3-4,9-11H,5-8H2,1-2H3/b4-3+. The molecular formula is C10H19NO. The zero-order chi connectivity index (χ0) is 8.81. The lowest BCUT2D eigenvalue weighted by molar-refractivity contribution is 0.0177. The number of hydrogen-bond donors (Lipinski definition) is 1. The van der Waals surface area contributed by atoms with Crippen LogP contribution in [0.15, 0.2) is 12.2 Å². The van der Waals surface area contributed by atoms with Gasteiger partial charge in [0.05, 0.1) is 6.10 Å². The second-order valence-corrected chi connectivity index (χ2v) is 3.34. The number of nitrogens with one attached hydrogen (secondary N) is 1. The Bertz CT molecular complexity index is 139. The van der Waals surface area contributed by atoms with Gasteiger partial charge in [-0.3, -0.25) is 0 Å². The first kappa shape index (κ1) is 9.75. The van der Waals surface area contributed by atoms with Crippen LogP contribution in [0.5, 0.6) is 0 Å². The van der Waals surface area contributed by atoms with Gasteiger partial charge in [0, 0.05) is 13.2 Å². The van der Waals surface area contributed by atoms with Crippen LogP contribution in [-0.2, 0) is 4.74 Å². The minimum Gasteiger partial charge on any atom is -0.381 e. The van der Waals surface area contributed by atoms with Gasteiger partial charge >= 0.3 is 0 Å². The van der Waals surface area contributed by atoms with Crippen molar-refractivity contribution in [3.8, 4) is 0 Å². The van der Waals surface area contributed by atoms with Crippen LogP contribution in [-0.4, -0.2) is 25.8 Å². The van der Waals surface area contributed by atoms with Gasteiger partial charge in [0.2, 0.25) is 0 Å². The third-order valence-electron chi connectivity index (χ3n) is 2.41. The highest BCUT2D eigenvalue weighted by Gasteiger charge is 2.27. The Morgan fingerprint density at radius 3 is 2.83 bits per heavy atom. The Balaban J connectivity index is 1.90. The summed E-state index contributed by atoms with van der Waals surface area (Å²) < 4.78 is 5.19. The van der Waals surface area contributed by atoms with E-state index in [1.165, 1.54) is 12.8 Å². The molecule has 70 valence electrons. The van der Waals surface area contributed by atoms with E-state index in [9.17, 15) is 0 Å². The van der Waals surface area contributed by atoms with Gasteiger partial charge in [0.15, 0.2) is 0 Å². The van der Waals surface area contributed by atoms with Crippen molar-refractivity contribution < 1.29 is 4.74 Å². The Labute approximate surface area is 75.0 Å². The first-order chi connectivity index (χ1) is 5.86. The fraction of sp³-hybridized carbons (Fsp3) is 0.800. The van der Waals surface area contributed by atoms with Crippen molar-refractivity contribution in [3.63, 3.8) is 0 Å². The van der Waals surface area contributed by atoms with E-state index < -0.39 is 0 Å². The van der Waals surface area contributed by atoms with Crippen molar-refractivity contribution in [2.24, 2.45) is 0 Å². The van der Waals surface area contributed by atoms with Crippen LogP contribution in [0.4, 0.5) is 0 Å². The van der Waals surface area contributed by atoms with E-state index in [1.54, 1.807) is 7.11 Å². The second kappa shape index (κ2) is 5.33. The van der Waals surface area contributed by atoms with Crippen LogP contribution in [0.2, 0.25) is 0 Å². The lowest BCUT2D eigenvalue weighted by Gasteiger charge is -2.34. The molecule has 0 heterocycles. The predicted octanol–water partition coefficient (Wildman–Crippen LogP) is 1.72. The molecule has 2 nitrogen and oxygen atoms in total. The molecule has 0 bridgehead atoms. The van der Waals surface area contributed by atoms with Gasteiger partial charge in [0.25, 0.3) is 0 Å². The van der Waals surface area contributed by atoms with Gasteiger partial charge in [-0.15, -0.1) is 0 Å². The summed E-state index contributed by atoms with van der Waals surface area (Å²) in [4.78, 5) is 0. The molecule has 0 amide bonds. The topological polar surface area (TPSA) is 21.3 Å². The zero-order valence-corrected chi connectivity index (χ0v) is 8.05. The van der Waals surface area contributed by atoms with Crippen molar-refractivity contribution in [2.75, 3.05) is 13.7 Å². The molecule has 0 spiro atoms. The Hall–Kier alpha value is -0.340. The summed E-state index contributed by atoms with van der Waals surface area (Å²) in [5, 5.41) is 3.49. The molecule has 0 radical (unpaired) electrons. The van der Waals surface area contributed by atoms with Gasteiger partial charge in [-0.1, -0.05) is 12.2 Å². The summed E-state index contributed by atoms with van der Waals surface area (Å²) >= 11 is 0. The minimum atomic E-state index is 0.518. The fourth-order valence-corrected chi connectivity index (χ4v) is 1.46. The number of rotatable bonds is 5. The number of ether oxygens (including phenoxy) is 1. The lowest BCUT2D eigenvalue weighted by Crippen LogP contribution is -2.45. The molecule has 0 atom stereocenters. The number of hydrogen-bond acceptors (Lipinski definition) is 2. The van der Waals surface area contributed by atoms with Crippen molar-refractivity contribution >= 4 is 0 Å². The van der Waals surface area contributed by atoms with Crippen LogP contribution in [0.3, 0.4) is 0 Å². The molecule has 1 aliphatic rings. The van der Waals surface area contributed by atoms with Gasteiger partial charge in [-0.2, -0.15) is 0 Å². The average Bonchev–Trinajstić information content (AvgIpc) is 2.01. The first-order valence-corrected chi connectivity index (χ1v) is 4.74. The number of allylic oxidation sites excluding steroid dienone is 1. The smallest absolute Gasteiger partial charge is 0.0601 e. The van der Waals surface area contributed by atoms with E-state index in [-0.39, 0.29) is 0 Å². The second-order valence-electron chi connectivity index (χ2n) is 3.34. The highest BCUT2D eigenvalue weighted by atomic mass is 16.5. The molecule has 0 aliphatic heterocycles. The molecule has 1 N–H and O–H groups in total.